The van der Waals surface area contributed by atoms with Crippen molar-refractivity contribution in [2.24, 2.45) is 23.7 Å². The average molecular weight is 797 g/mol. The molecule has 5 atom stereocenters. The summed E-state index contributed by atoms with van der Waals surface area (Å²) in [6.07, 6.45) is 17.0. The van der Waals surface area contributed by atoms with Crippen LogP contribution < -0.4 is 36.2 Å². The molecule has 0 spiro atoms. The Morgan fingerprint density at radius 3 is 2.38 bits per heavy atom. The molecule has 0 radical (unpaired) electrons. The molecule has 11 heteroatoms. The summed E-state index contributed by atoms with van der Waals surface area (Å²) in [4.78, 5) is 54.5. The van der Waals surface area contributed by atoms with Crippen molar-refractivity contribution in [3.8, 4) is 0 Å². The zero-order valence-corrected chi connectivity index (χ0v) is 36.8. The van der Waals surface area contributed by atoms with E-state index < -0.39 is 17.9 Å². The van der Waals surface area contributed by atoms with Gasteiger partial charge in [0.05, 0.1) is 7.11 Å². The van der Waals surface area contributed by atoms with E-state index in [1.807, 2.05) is 45.1 Å². The van der Waals surface area contributed by atoms with Crippen LogP contribution in [0.2, 0.25) is 0 Å². The number of esters is 2. The molecule has 8 bridgehead atoms. The number of ether oxygens (including phenoxy) is 2. The third kappa shape index (κ3) is 8.62. The van der Waals surface area contributed by atoms with Crippen LogP contribution in [0.15, 0.2) is 23.9 Å². The fourth-order valence-corrected chi connectivity index (χ4v) is 8.99. The van der Waals surface area contributed by atoms with E-state index in [9.17, 15) is 19.5 Å². The number of aliphatic hydroxyl groups is 1. The first kappa shape index (κ1) is 44.6. The third-order valence-electron chi connectivity index (χ3n) is 12.3. The topological polar surface area (TPSA) is 146 Å². The second-order valence-electron chi connectivity index (χ2n) is 16.0. The minimum atomic E-state index is -1.12. The number of rotatable bonds is 15. The predicted octanol–water partition coefficient (Wildman–Crippen LogP) is 5.33. The molecule has 5 heterocycles. The van der Waals surface area contributed by atoms with E-state index in [1.165, 1.54) is 31.9 Å². The SMILES string of the molecule is C=Cc1c2[n-]c(c1C=O)/C=C1\[N-]C(C3=c4[n-]c(c(C)c4=C(O)[C@@H]3C(=O)OC)/C=c3\[n-]/c(c(C)c3CC)=C\2)[C@@H](CCC(=O)OC/C=C(\C)CCC[C@H](C)CCC)[C@@H]1C.[Mg+2]. The summed E-state index contributed by atoms with van der Waals surface area (Å²) in [7, 11) is 1.30. The van der Waals surface area contributed by atoms with E-state index in [0.717, 1.165) is 46.5 Å². The molecule has 0 aromatic carbocycles. The van der Waals surface area contributed by atoms with Crippen LogP contribution in [0, 0.1) is 37.5 Å². The molecule has 6 rings (SSSR count). The van der Waals surface area contributed by atoms with Gasteiger partial charge in [0.1, 0.15) is 24.6 Å². The third-order valence-corrected chi connectivity index (χ3v) is 12.3. The zero-order valence-electron chi connectivity index (χ0n) is 35.4. The standard InChI is InChI=1S/C47H57N4O6.Mg/c1-10-14-25(4)15-13-16-26(5)19-20-57-40(53)18-17-32-28(7)35-22-39-33(24-52)31(12-3)38(49-39)21-34-27(6)30(11-2)37(48-34)23-36-29(8)41-45(51-36)42(44(32)50-35)43(46(41)54)47(55)56-9;/h12,19,21-25,28,32,43-44H,3,10-11,13-18,20H2,1-2,4-9H3,(H2-,49,50,52,54);/q-3;+2/p-1/b26-19+,34-21-,37-23-;/t25-,28+,32+,43-,44?;/m1./s1. The number of hydrogen-bond acceptors (Lipinski definition) is 6. The second kappa shape index (κ2) is 19.1. The van der Waals surface area contributed by atoms with E-state index in [2.05, 4.69) is 34.3 Å². The van der Waals surface area contributed by atoms with Crippen molar-refractivity contribution in [2.75, 3.05) is 13.7 Å². The summed E-state index contributed by atoms with van der Waals surface area (Å²) in [6, 6.07) is -0.657. The van der Waals surface area contributed by atoms with E-state index in [1.54, 1.807) is 6.08 Å². The van der Waals surface area contributed by atoms with Crippen LogP contribution in [0.25, 0.3) is 41.0 Å². The monoisotopic (exact) mass is 796 g/mol. The van der Waals surface area contributed by atoms with Gasteiger partial charge in [0.2, 0.25) is 0 Å². The van der Waals surface area contributed by atoms with Gasteiger partial charge in [-0.1, -0.05) is 112 Å². The maximum atomic E-state index is 13.6. The van der Waals surface area contributed by atoms with Gasteiger partial charge in [-0.15, -0.1) is 33.1 Å². The fourth-order valence-electron chi connectivity index (χ4n) is 8.99. The first-order valence-electron chi connectivity index (χ1n) is 20.4. The zero-order chi connectivity index (χ0) is 41.1. The molecular weight excluding hydrogens is 741 g/mol. The Hall–Kier alpha value is -4.48. The largest absolute Gasteiger partial charge is 2.00 e. The Morgan fingerprint density at radius 2 is 1.71 bits per heavy atom. The van der Waals surface area contributed by atoms with Crippen molar-refractivity contribution in [1.29, 1.82) is 0 Å². The summed E-state index contributed by atoms with van der Waals surface area (Å²) in [5.74, 6) is -2.02. The predicted molar refractivity (Wildman–Crippen MR) is 230 cm³/mol. The van der Waals surface area contributed by atoms with E-state index in [4.69, 9.17) is 29.7 Å². The Labute approximate surface area is 357 Å². The summed E-state index contributed by atoms with van der Waals surface area (Å²) in [6.45, 7) is 18.8. The summed E-state index contributed by atoms with van der Waals surface area (Å²) < 4.78 is 11.0. The van der Waals surface area contributed by atoms with Crippen LogP contribution in [-0.2, 0) is 25.5 Å². The molecule has 10 nitrogen and oxygen atoms in total. The molecule has 0 amide bonds. The Balaban J connectivity index is 0.00000641. The molecule has 1 aliphatic carbocycles. The van der Waals surface area contributed by atoms with Crippen molar-refractivity contribution in [1.82, 2.24) is 15.0 Å². The first-order valence-corrected chi connectivity index (χ1v) is 20.4. The molecule has 304 valence electrons. The van der Waals surface area contributed by atoms with Crippen LogP contribution in [0.5, 0.6) is 0 Å². The molecule has 1 unspecified atom stereocenters. The molecule has 1 fully saturated rings. The van der Waals surface area contributed by atoms with Gasteiger partial charge >= 0.3 is 35.0 Å². The second-order valence-corrected chi connectivity index (χ2v) is 16.0. The fraction of sp³-hybridized carbons (Fsp3) is 0.468. The molecule has 1 saturated heterocycles. The van der Waals surface area contributed by atoms with Crippen molar-refractivity contribution in [3.63, 3.8) is 0 Å². The van der Waals surface area contributed by atoms with Gasteiger partial charge in [0, 0.05) is 17.2 Å². The van der Waals surface area contributed by atoms with E-state index in [-0.39, 0.29) is 59.6 Å². The van der Waals surface area contributed by atoms with Crippen LogP contribution in [0.1, 0.15) is 129 Å². The number of carbonyl (C=O) groups excluding carboxylic acids is 3. The summed E-state index contributed by atoms with van der Waals surface area (Å²) in [5, 5.41) is 19.5. The van der Waals surface area contributed by atoms with Crippen molar-refractivity contribution in [2.45, 2.75) is 106 Å². The molecule has 1 N–H and O–H groups in total. The van der Waals surface area contributed by atoms with E-state index in [0.29, 0.717) is 68.8 Å². The number of aromatic nitrogens is 3. The minimum absolute atomic E-state index is 0. The Morgan fingerprint density at radius 1 is 0.983 bits per heavy atom. The van der Waals surface area contributed by atoms with Gasteiger partial charge in [-0.3, -0.25) is 14.4 Å². The molecule has 3 aromatic heterocycles. The number of methoxy groups -OCH3 is 1. The Kier molecular flexibility index (Phi) is 14.7. The Bertz CT molecular complexity index is 2390. The number of nitrogens with zero attached hydrogens (tertiary/aromatic N) is 4. The van der Waals surface area contributed by atoms with Gasteiger partial charge in [0.15, 0.2) is 0 Å². The van der Waals surface area contributed by atoms with Gasteiger partial charge in [-0.05, 0) is 75.8 Å². The number of allylic oxidation sites excluding steroid dienone is 2. The van der Waals surface area contributed by atoms with Crippen LogP contribution in [0.4, 0.5) is 0 Å². The van der Waals surface area contributed by atoms with Gasteiger partial charge in [0.25, 0.3) is 0 Å². The van der Waals surface area contributed by atoms with Gasteiger partial charge in [-0.2, -0.15) is 5.70 Å². The number of aliphatic hydroxyl groups excluding tert-OH is 1. The molecule has 0 saturated carbocycles. The van der Waals surface area contributed by atoms with Crippen molar-refractivity contribution >= 4 is 76.9 Å². The minimum Gasteiger partial charge on any atom is -0.681 e. The molecular formula is C47H56MgN4O6-2. The van der Waals surface area contributed by atoms with Gasteiger partial charge < -0.3 is 34.8 Å². The summed E-state index contributed by atoms with van der Waals surface area (Å²) in [5.41, 5.74) is 7.76. The average Bonchev–Trinajstić information content (AvgIpc) is 3.94. The normalized spacial score (nSPS) is 22.1. The van der Waals surface area contributed by atoms with Crippen LogP contribution in [0.3, 0.4) is 0 Å². The number of fused-ring (bicyclic) bond motifs is 8. The number of hydrogen-bond donors (Lipinski definition) is 1. The maximum absolute atomic E-state index is 13.6. The van der Waals surface area contributed by atoms with Crippen molar-refractivity contribution < 1.29 is 29.0 Å². The van der Waals surface area contributed by atoms with Crippen LogP contribution in [-0.4, -0.2) is 66.1 Å². The van der Waals surface area contributed by atoms with Crippen LogP contribution >= 0.6 is 0 Å². The molecule has 3 aromatic rings. The van der Waals surface area contributed by atoms with Gasteiger partial charge in [-0.25, -0.2) is 0 Å². The number of carbonyl (C=O) groups is 3. The smallest absolute Gasteiger partial charge is 0.681 e. The molecule has 3 aliphatic rings. The molecule has 58 heavy (non-hydrogen) atoms. The number of aldehydes is 1. The quantitative estimate of drug-likeness (QED) is 0.0934. The summed E-state index contributed by atoms with van der Waals surface area (Å²) >= 11 is 0. The molecule has 2 aliphatic heterocycles. The maximum Gasteiger partial charge on any atom is 2.00 e. The van der Waals surface area contributed by atoms with E-state index >= 15 is 0 Å². The first-order chi connectivity index (χ1) is 27.4. The van der Waals surface area contributed by atoms with Crippen molar-refractivity contribution in [3.05, 3.63) is 95.4 Å².